The number of carbonyl (C=O) groups excluding carboxylic acids is 2. The van der Waals surface area contributed by atoms with Gasteiger partial charge in [-0.1, -0.05) is 164 Å². The van der Waals surface area contributed by atoms with E-state index < -0.39 is 99.3 Å². The zero-order chi connectivity index (χ0) is 51.0. The molecule has 0 aromatic carbocycles. The predicted octanol–water partition coefficient (Wildman–Crippen LogP) is 8.05. The van der Waals surface area contributed by atoms with Gasteiger partial charge in [-0.05, 0) is 64.2 Å². The van der Waals surface area contributed by atoms with E-state index in [1.54, 1.807) is 0 Å². The number of ether oxygens (including phenoxy) is 6. The monoisotopic (exact) mass is 995 g/mol. The fourth-order valence-corrected chi connectivity index (χ4v) is 8.11. The molecule has 2 rings (SSSR count). The summed E-state index contributed by atoms with van der Waals surface area (Å²) in [7, 11) is 0. The Bertz CT molecular complexity index is 1450. The second-order valence-corrected chi connectivity index (χ2v) is 18.7. The molecule has 404 valence electrons. The van der Waals surface area contributed by atoms with Gasteiger partial charge < -0.3 is 64.2 Å². The van der Waals surface area contributed by atoms with Gasteiger partial charge in [0, 0.05) is 12.8 Å². The van der Waals surface area contributed by atoms with Gasteiger partial charge in [-0.25, -0.2) is 0 Å². The average molecular weight is 995 g/mol. The van der Waals surface area contributed by atoms with Crippen molar-refractivity contribution in [1.29, 1.82) is 0 Å². The van der Waals surface area contributed by atoms with Gasteiger partial charge in [0.1, 0.15) is 55.4 Å². The summed E-state index contributed by atoms with van der Waals surface area (Å²) >= 11 is 0. The smallest absolute Gasteiger partial charge is 0.306 e. The SMILES string of the molecule is CC/C=C\C/C=C\C/C=C\C/C=C\CCC(=O)OC(COC(=O)CCCCCCCCCCC/C=C\CCCCCCCCCC)COC1OC(COC2OC(CO)C(O)C(O)C2O)C(O)C(O)C1O. The van der Waals surface area contributed by atoms with Crippen LogP contribution in [-0.2, 0) is 38.0 Å². The molecule has 2 aliphatic rings. The lowest BCUT2D eigenvalue weighted by molar-refractivity contribution is -0.332. The van der Waals surface area contributed by atoms with Crippen molar-refractivity contribution in [3.8, 4) is 0 Å². The molecule has 0 radical (unpaired) electrons. The van der Waals surface area contributed by atoms with Gasteiger partial charge in [-0.15, -0.1) is 0 Å². The standard InChI is InChI=1S/C55H94O15/c1-3-5-7-9-11-13-15-17-18-19-20-21-22-23-24-26-27-29-31-33-35-37-46(57)65-40-43(68-47(58)38-36-34-32-30-28-25-16-14-12-10-8-6-4-2)41-66-54-53(64)51(62)49(60)45(70-54)42-67-55-52(63)50(61)48(59)44(39-56)69-55/h6,8,12,14,19-20,25,28,32,34,43-45,48-56,59-64H,3-5,7,9-11,13,15-18,21-24,26-27,29-31,33,35-42H2,1-2H3/b8-6-,14-12-,20-19-,28-25-,34-32-. The maximum absolute atomic E-state index is 13.0. The van der Waals surface area contributed by atoms with Crippen LogP contribution in [0.25, 0.3) is 0 Å². The van der Waals surface area contributed by atoms with E-state index in [-0.39, 0.29) is 19.4 Å². The summed E-state index contributed by atoms with van der Waals surface area (Å²) in [5.41, 5.74) is 0. The first-order valence-electron chi connectivity index (χ1n) is 26.9. The van der Waals surface area contributed by atoms with E-state index in [2.05, 4.69) is 56.4 Å². The normalized spacial score (nSPS) is 25.8. The van der Waals surface area contributed by atoms with Gasteiger partial charge in [-0.3, -0.25) is 9.59 Å². The minimum atomic E-state index is -1.78. The molecule has 11 atom stereocenters. The van der Waals surface area contributed by atoms with Gasteiger partial charge in [-0.2, -0.15) is 0 Å². The number of carbonyl (C=O) groups is 2. The number of aliphatic hydroxyl groups excluding tert-OH is 7. The van der Waals surface area contributed by atoms with Crippen LogP contribution in [0.1, 0.15) is 181 Å². The molecular formula is C55H94O15. The van der Waals surface area contributed by atoms with Gasteiger partial charge in [0.2, 0.25) is 0 Å². The van der Waals surface area contributed by atoms with Crippen LogP contribution >= 0.6 is 0 Å². The maximum Gasteiger partial charge on any atom is 0.306 e. The van der Waals surface area contributed by atoms with Crippen molar-refractivity contribution >= 4 is 11.9 Å². The summed E-state index contributed by atoms with van der Waals surface area (Å²) in [5, 5.41) is 72.1. The predicted molar refractivity (Wildman–Crippen MR) is 270 cm³/mol. The molecule has 11 unspecified atom stereocenters. The van der Waals surface area contributed by atoms with Crippen LogP contribution in [0.2, 0.25) is 0 Å². The molecule has 0 amide bonds. The Hall–Kier alpha value is -2.80. The molecule has 0 aromatic rings. The Morgan fingerprint density at radius 1 is 0.471 bits per heavy atom. The van der Waals surface area contributed by atoms with Crippen molar-refractivity contribution in [3.05, 3.63) is 60.8 Å². The van der Waals surface area contributed by atoms with Crippen LogP contribution in [0.3, 0.4) is 0 Å². The Morgan fingerprint density at radius 3 is 1.47 bits per heavy atom. The number of rotatable bonds is 41. The van der Waals surface area contributed by atoms with Crippen molar-refractivity contribution in [2.24, 2.45) is 0 Å². The average Bonchev–Trinajstić information content (AvgIpc) is 3.35. The van der Waals surface area contributed by atoms with Crippen molar-refractivity contribution in [1.82, 2.24) is 0 Å². The molecule has 15 nitrogen and oxygen atoms in total. The van der Waals surface area contributed by atoms with Crippen LogP contribution in [0.5, 0.6) is 0 Å². The highest BCUT2D eigenvalue weighted by atomic mass is 16.7. The van der Waals surface area contributed by atoms with Gasteiger partial charge >= 0.3 is 11.9 Å². The molecule has 2 aliphatic heterocycles. The van der Waals surface area contributed by atoms with Crippen molar-refractivity contribution < 1.29 is 73.8 Å². The second kappa shape index (κ2) is 41.6. The van der Waals surface area contributed by atoms with E-state index in [9.17, 15) is 45.3 Å². The topological polar surface area (TPSA) is 231 Å². The number of allylic oxidation sites excluding steroid dienone is 10. The summed E-state index contributed by atoms with van der Waals surface area (Å²) < 4.78 is 33.5. The zero-order valence-electron chi connectivity index (χ0n) is 42.7. The maximum atomic E-state index is 13.0. The number of hydrogen-bond donors (Lipinski definition) is 7. The van der Waals surface area contributed by atoms with Crippen LogP contribution in [0.15, 0.2) is 60.8 Å². The van der Waals surface area contributed by atoms with Crippen LogP contribution in [0.4, 0.5) is 0 Å². The Balaban J connectivity index is 1.78. The number of unbranched alkanes of at least 4 members (excludes halogenated alkanes) is 17. The van der Waals surface area contributed by atoms with E-state index in [1.807, 2.05) is 18.2 Å². The Labute approximate surface area is 420 Å². The second-order valence-electron chi connectivity index (χ2n) is 18.7. The molecule has 0 saturated carbocycles. The lowest BCUT2D eigenvalue weighted by atomic mass is 9.98. The van der Waals surface area contributed by atoms with Crippen LogP contribution in [0, 0.1) is 0 Å². The Morgan fingerprint density at radius 2 is 0.929 bits per heavy atom. The summed E-state index contributed by atoms with van der Waals surface area (Å²) in [6.45, 7) is 2.39. The van der Waals surface area contributed by atoms with Gasteiger partial charge in [0.15, 0.2) is 18.7 Å². The van der Waals surface area contributed by atoms with E-state index in [0.717, 1.165) is 38.5 Å². The minimum Gasteiger partial charge on any atom is -0.462 e. The van der Waals surface area contributed by atoms with Crippen LogP contribution in [-0.4, -0.2) is 142 Å². The number of aliphatic hydroxyl groups is 7. The quantitative estimate of drug-likeness (QED) is 0.0175. The summed E-state index contributed by atoms with van der Waals surface area (Å²) in [5.74, 6) is -1.02. The molecular weight excluding hydrogens is 901 g/mol. The lowest BCUT2D eigenvalue weighted by Gasteiger charge is -2.42. The number of hydrogen-bond acceptors (Lipinski definition) is 15. The summed E-state index contributed by atoms with van der Waals surface area (Å²) in [6, 6.07) is 0. The molecule has 15 heteroatoms. The van der Waals surface area contributed by atoms with Gasteiger partial charge in [0.25, 0.3) is 0 Å². The molecule has 2 heterocycles. The fraction of sp³-hybridized carbons (Fsp3) is 0.782. The highest BCUT2D eigenvalue weighted by Crippen LogP contribution is 2.26. The minimum absolute atomic E-state index is 0.0419. The first-order chi connectivity index (χ1) is 34.0. The lowest BCUT2D eigenvalue weighted by Crippen LogP contribution is -2.61. The highest BCUT2D eigenvalue weighted by molar-refractivity contribution is 5.70. The zero-order valence-corrected chi connectivity index (χ0v) is 42.7. The first-order valence-corrected chi connectivity index (χ1v) is 26.9. The first kappa shape index (κ1) is 63.3. The van der Waals surface area contributed by atoms with Crippen molar-refractivity contribution in [2.45, 2.75) is 248 Å². The molecule has 0 aliphatic carbocycles. The molecule has 2 saturated heterocycles. The number of esters is 2. The van der Waals surface area contributed by atoms with Crippen molar-refractivity contribution in [2.75, 3.05) is 26.4 Å². The third kappa shape index (κ3) is 29.0. The third-order valence-electron chi connectivity index (χ3n) is 12.5. The molecule has 0 spiro atoms. The van der Waals surface area contributed by atoms with Crippen LogP contribution < -0.4 is 0 Å². The third-order valence-corrected chi connectivity index (χ3v) is 12.5. The van der Waals surface area contributed by atoms with E-state index in [1.165, 1.54) is 96.3 Å². The molecule has 0 aromatic heterocycles. The largest absolute Gasteiger partial charge is 0.462 e. The fourth-order valence-electron chi connectivity index (χ4n) is 8.11. The highest BCUT2D eigenvalue weighted by Gasteiger charge is 2.47. The molecule has 0 bridgehead atoms. The molecule has 7 N–H and O–H groups in total. The van der Waals surface area contributed by atoms with E-state index in [4.69, 9.17) is 28.4 Å². The summed E-state index contributed by atoms with van der Waals surface area (Å²) in [4.78, 5) is 25.7. The van der Waals surface area contributed by atoms with Gasteiger partial charge in [0.05, 0.1) is 19.8 Å². The molecule has 2 fully saturated rings. The van der Waals surface area contributed by atoms with E-state index >= 15 is 0 Å². The molecule has 70 heavy (non-hydrogen) atoms. The Kier molecular flexibility index (Phi) is 37.7. The van der Waals surface area contributed by atoms with Crippen molar-refractivity contribution in [3.63, 3.8) is 0 Å². The van der Waals surface area contributed by atoms with E-state index in [0.29, 0.717) is 19.3 Å². The summed E-state index contributed by atoms with van der Waals surface area (Å²) in [6.07, 6.45) is 31.3.